The largest absolute Gasteiger partial charge is 0.344 e. The van der Waals surface area contributed by atoms with Crippen LogP contribution in [0.15, 0.2) is 46.9 Å². The summed E-state index contributed by atoms with van der Waals surface area (Å²) in [5.74, 6) is 0.403. The van der Waals surface area contributed by atoms with Crippen LogP contribution in [0.3, 0.4) is 0 Å². The van der Waals surface area contributed by atoms with Gasteiger partial charge in [0.05, 0.1) is 12.1 Å². The van der Waals surface area contributed by atoms with Crippen molar-refractivity contribution in [2.75, 3.05) is 6.54 Å². The van der Waals surface area contributed by atoms with Gasteiger partial charge in [-0.3, -0.25) is 14.4 Å². The monoisotopic (exact) mass is 467 g/mol. The lowest BCUT2D eigenvalue weighted by molar-refractivity contribution is -0.139. The summed E-state index contributed by atoms with van der Waals surface area (Å²) < 4.78 is 1.01. The molecule has 6 nitrogen and oxygen atoms in total. The fourth-order valence-corrected chi connectivity index (χ4v) is 3.53. The van der Waals surface area contributed by atoms with Crippen LogP contribution in [0.25, 0.3) is 0 Å². The van der Waals surface area contributed by atoms with Gasteiger partial charge in [0.1, 0.15) is 0 Å². The van der Waals surface area contributed by atoms with E-state index >= 15 is 0 Å². The molecule has 1 aliphatic carbocycles. The first-order valence-electron chi connectivity index (χ1n) is 9.53. The molecule has 0 heterocycles. The molecule has 3 N–H and O–H groups in total. The predicted molar refractivity (Wildman–Crippen MR) is 117 cm³/mol. The number of benzene rings is 2. The average molecular weight is 468 g/mol. The Kier molecular flexibility index (Phi) is 6.58. The van der Waals surface area contributed by atoms with E-state index in [1.807, 2.05) is 25.1 Å². The lowest BCUT2D eigenvalue weighted by Crippen LogP contribution is -2.40. The van der Waals surface area contributed by atoms with Gasteiger partial charge >= 0.3 is 11.8 Å². The van der Waals surface area contributed by atoms with Gasteiger partial charge in [-0.05, 0) is 48.6 Å². The SMILES string of the molecule is C#CCNC(=O)C(=O)NCc1ccccc1C(=O)NC1(c2ccc(C)c(Br)c2)CC1. The van der Waals surface area contributed by atoms with Crippen LogP contribution in [0.1, 0.15) is 39.9 Å². The first-order valence-corrected chi connectivity index (χ1v) is 10.3. The molecule has 1 saturated carbocycles. The summed E-state index contributed by atoms with van der Waals surface area (Å²) in [5, 5.41) is 7.97. The molecule has 0 spiro atoms. The molecule has 0 bridgehead atoms. The van der Waals surface area contributed by atoms with Crippen molar-refractivity contribution in [3.05, 3.63) is 69.2 Å². The lowest BCUT2D eigenvalue weighted by Gasteiger charge is -2.20. The van der Waals surface area contributed by atoms with E-state index in [4.69, 9.17) is 6.42 Å². The van der Waals surface area contributed by atoms with Crippen LogP contribution in [0.2, 0.25) is 0 Å². The van der Waals surface area contributed by atoms with E-state index in [1.54, 1.807) is 24.3 Å². The van der Waals surface area contributed by atoms with Crippen LogP contribution >= 0.6 is 15.9 Å². The second-order valence-corrected chi connectivity index (χ2v) is 8.08. The van der Waals surface area contributed by atoms with E-state index in [0.29, 0.717) is 11.1 Å². The third kappa shape index (κ3) is 4.89. The molecule has 2 aromatic carbocycles. The Balaban J connectivity index is 1.70. The summed E-state index contributed by atoms with van der Waals surface area (Å²) >= 11 is 3.55. The number of hydrogen-bond acceptors (Lipinski definition) is 3. The number of aryl methyl sites for hydroxylation is 1. The molecular weight excluding hydrogens is 446 g/mol. The number of carbonyl (C=O) groups excluding carboxylic acids is 3. The van der Waals surface area contributed by atoms with Crippen LogP contribution in [0.4, 0.5) is 0 Å². The zero-order valence-corrected chi connectivity index (χ0v) is 18.1. The quantitative estimate of drug-likeness (QED) is 0.450. The molecule has 1 fully saturated rings. The lowest BCUT2D eigenvalue weighted by atomic mass is 10.0. The molecule has 154 valence electrons. The minimum Gasteiger partial charge on any atom is -0.344 e. The normalized spacial score (nSPS) is 13.6. The number of halogens is 1. The number of nitrogens with one attached hydrogen (secondary N) is 3. The van der Waals surface area contributed by atoms with Crippen molar-refractivity contribution in [2.24, 2.45) is 0 Å². The highest BCUT2D eigenvalue weighted by Crippen LogP contribution is 2.46. The molecule has 2 aromatic rings. The Bertz CT molecular complexity index is 1040. The van der Waals surface area contributed by atoms with Gasteiger partial charge in [-0.2, -0.15) is 0 Å². The molecule has 30 heavy (non-hydrogen) atoms. The maximum atomic E-state index is 13.0. The molecule has 0 aromatic heterocycles. The van der Waals surface area contributed by atoms with Crippen molar-refractivity contribution in [2.45, 2.75) is 31.8 Å². The second-order valence-electron chi connectivity index (χ2n) is 7.23. The minimum absolute atomic E-state index is 0.0253. The smallest absolute Gasteiger partial charge is 0.310 e. The maximum Gasteiger partial charge on any atom is 0.310 e. The van der Waals surface area contributed by atoms with Crippen molar-refractivity contribution in [1.29, 1.82) is 0 Å². The number of terminal acetylenes is 1. The Morgan fingerprint density at radius 3 is 2.47 bits per heavy atom. The molecule has 3 rings (SSSR count). The standard InChI is InChI=1S/C23H22BrN3O3/c1-3-12-25-21(29)22(30)26-14-16-6-4-5-7-18(16)20(28)27-23(10-11-23)17-9-8-15(2)19(24)13-17/h1,4-9,13H,10-12,14H2,2H3,(H,25,29)(H,26,30)(H,27,28). The van der Waals surface area contributed by atoms with Gasteiger partial charge in [0.25, 0.3) is 5.91 Å². The highest BCUT2D eigenvalue weighted by molar-refractivity contribution is 9.10. The molecule has 7 heteroatoms. The highest BCUT2D eigenvalue weighted by atomic mass is 79.9. The minimum atomic E-state index is -0.809. The second kappa shape index (κ2) is 9.14. The summed E-state index contributed by atoms with van der Waals surface area (Å²) in [4.78, 5) is 36.6. The molecule has 0 radical (unpaired) electrons. The van der Waals surface area contributed by atoms with E-state index in [1.165, 1.54) is 0 Å². The molecule has 0 unspecified atom stereocenters. The Morgan fingerprint density at radius 1 is 1.10 bits per heavy atom. The van der Waals surface area contributed by atoms with Crippen molar-refractivity contribution < 1.29 is 14.4 Å². The van der Waals surface area contributed by atoms with Crippen molar-refractivity contribution in [3.63, 3.8) is 0 Å². The number of amides is 3. The van der Waals surface area contributed by atoms with Gasteiger partial charge in [0.15, 0.2) is 0 Å². The first-order chi connectivity index (χ1) is 14.4. The van der Waals surface area contributed by atoms with Gasteiger partial charge in [0.2, 0.25) is 0 Å². The average Bonchev–Trinajstić information content (AvgIpc) is 3.52. The van der Waals surface area contributed by atoms with Gasteiger partial charge < -0.3 is 16.0 Å². The first kappa shape index (κ1) is 21.6. The Hall–Kier alpha value is -3.11. The maximum absolute atomic E-state index is 13.0. The number of hydrogen-bond donors (Lipinski definition) is 3. The van der Waals surface area contributed by atoms with Crippen molar-refractivity contribution >= 4 is 33.7 Å². The van der Waals surface area contributed by atoms with E-state index in [9.17, 15) is 14.4 Å². The van der Waals surface area contributed by atoms with Gasteiger partial charge in [-0.25, -0.2) is 0 Å². The third-order valence-electron chi connectivity index (χ3n) is 5.09. The molecule has 1 aliphatic rings. The summed E-state index contributed by atoms with van der Waals surface area (Å²) in [6.07, 6.45) is 6.79. The van der Waals surface area contributed by atoms with E-state index in [0.717, 1.165) is 28.4 Å². The molecular formula is C23H22BrN3O3. The van der Waals surface area contributed by atoms with Crippen LogP contribution in [-0.4, -0.2) is 24.3 Å². The molecule has 0 aliphatic heterocycles. The Morgan fingerprint density at radius 2 is 1.80 bits per heavy atom. The van der Waals surface area contributed by atoms with Gasteiger partial charge in [-0.15, -0.1) is 6.42 Å². The third-order valence-corrected chi connectivity index (χ3v) is 5.94. The summed E-state index contributed by atoms with van der Waals surface area (Å²) in [6, 6.07) is 13.1. The van der Waals surface area contributed by atoms with Crippen LogP contribution in [0, 0.1) is 19.3 Å². The van der Waals surface area contributed by atoms with E-state index in [-0.39, 0.29) is 24.5 Å². The number of carbonyl (C=O) groups is 3. The topological polar surface area (TPSA) is 87.3 Å². The Labute approximate surface area is 183 Å². The number of rotatable bonds is 6. The zero-order chi connectivity index (χ0) is 21.7. The fourth-order valence-electron chi connectivity index (χ4n) is 3.15. The van der Waals surface area contributed by atoms with Crippen LogP contribution < -0.4 is 16.0 Å². The van der Waals surface area contributed by atoms with Crippen LogP contribution in [0.5, 0.6) is 0 Å². The van der Waals surface area contributed by atoms with Gasteiger partial charge in [-0.1, -0.05) is 52.2 Å². The predicted octanol–water partition coefficient (Wildman–Crippen LogP) is 2.54. The molecule has 3 amide bonds. The van der Waals surface area contributed by atoms with Crippen LogP contribution in [-0.2, 0) is 21.7 Å². The van der Waals surface area contributed by atoms with E-state index < -0.39 is 11.8 Å². The summed E-state index contributed by atoms with van der Waals surface area (Å²) in [6.45, 7) is 2.04. The highest BCUT2D eigenvalue weighted by Gasteiger charge is 2.46. The summed E-state index contributed by atoms with van der Waals surface area (Å²) in [7, 11) is 0. The van der Waals surface area contributed by atoms with Crippen molar-refractivity contribution in [1.82, 2.24) is 16.0 Å². The van der Waals surface area contributed by atoms with Crippen molar-refractivity contribution in [3.8, 4) is 12.3 Å². The summed E-state index contributed by atoms with van der Waals surface area (Å²) in [5.41, 5.74) is 2.89. The zero-order valence-electron chi connectivity index (χ0n) is 16.5. The molecule has 0 atom stereocenters. The van der Waals surface area contributed by atoms with E-state index in [2.05, 4.69) is 37.8 Å². The molecule has 0 saturated heterocycles. The fraction of sp³-hybridized carbons (Fsp3) is 0.261. The van der Waals surface area contributed by atoms with Gasteiger partial charge in [0, 0.05) is 16.6 Å².